The van der Waals surface area contributed by atoms with E-state index in [0.717, 1.165) is 38.4 Å². The van der Waals surface area contributed by atoms with Gasteiger partial charge < -0.3 is 10.2 Å². The summed E-state index contributed by atoms with van der Waals surface area (Å²) >= 11 is 0. The second-order valence-electron chi connectivity index (χ2n) is 5.82. The molecule has 1 aliphatic heterocycles. The van der Waals surface area contributed by atoms with Crippen LogP contribution < -0.4 is 5.32 Å². The lowest BCUT2D eigenvalue weighted by molar-refractivity contribution is -0.384. The van der Waals surface area contributed by atoms with Crippen LogP contribution in [-0.4, -0.2) is 35.0 Å². The number of rotatable bonds is 4. The summed E-state index contributed by atoms with van der Waals surface area (Å²) in [4.78, 5) is 12.9. The van der Waals surface area contributed by atoms with E-state index < -0.39 is 10.7 Å². The predicted octanol–water partition coefficient (Wildman–Crippen LogP) is 3.41. The minimum Gasteiger partial charge on any atom is -0.377 e. The molecule has 1 saturated heterocycles. The third-order valence-corrected chi connectivity index (χ3v) is 4.01. The molecule has 1 unspecified atom stereocenters. The van der Waals surface area contributed by atoms with Gasteiger partial charge in [-0.25, -0.2) is 4.39 Å². The molecule has 1 fully saturated rings. The van der Waals surface area contributed by atoms with E-state index in [0.29, 0.717) is 11.7 Å². The maximum Gasteiger partial charge on any atom is 0.295 e. The third kappa shape index (κ3) is 4.14. The van der Waals surface area contributed by atoms with Gasteiger partial charge in [-0.2, -0.15) is 0 Å². The van der Waals surface area contributed by atoms with Crippen LogP contribution in [0.4, 0.5) is 15.8 Å². The molecule has 1 aromatic carbocycles. The van der Waals surface area contributed by atoms with Crippen LogP contribution in [0.15, 0.2) is 18.2 Å². The van der Waals surface area contributed by atoms with Crippen LogP contribution in [0.25, 0.3) is 0 Å². The lowest BCUT2D eigenvalue weighted by Gasteiger charge is -2.24. The van der Waals surface area contributed by atoms with Crippen molar-refractivity contribution in [2.45, 2.75) is 45.2 Å². The Hall–Kier alpha value is -1.69. The van der Waals surface area contributed by atoms with Gasteiger partial charge in [-0.3, -0.25) is 10.1 Å². The van der Waals surface area contributed by atoms with Gasteiger partial charge in [0.25, 0.3) is 5.69 Å². The van der Waals surface area contributed by atoms with Crippen molar-refractivity contribution < 1.29 is 9.31 Å². The van der Waals surface area contributed by atoms with E-state index in [1.54, 1.807) is 0 Å². The maximum absolute atomic E-state index is 13.2. The van der Waals surface area contributed by atoms with Gasteiger partial charge >= 0.3 is 0 Å². The van der Waals surface area contributed by atoms with Crippen molar-refractivity contribution >= 4 is 11.4 Å². The Morgan fingerprint density at radius 3 is 2.81 bits per heavy atom. The average molecular weight is 295 g/mol. The zero-order chi connectivity index (χ0) is 15.4. The first-order chi connectivity index (χ1) is 9.97. The Labute approximate surface area is 124 Å². The molecule has 6 heteroatoms. The highest BCUT2D eigenvalue weighted by Crippen LogP contribution is 2.27. The van der Waals surface area contributed by atoms with E-state index in [9.17, 15) is 14.5 Å². The molecule has 1 atom stereocenters. The smallest absolute Gasteiger partial charge is 0.295 e. The number of nitrogens with zero attached hydrogens (tertiary/aromatic N) is 2. The summed E-state index contributed by atoms with van der Waals surface area (Å²) in [5, 5.41) is 14.2. The molecule has 116 valence electrons. The molecule has 0 bridgehead atoms. The first-order valence-electron chi connectivity index (χ1n) is 7.42. The van der Waals surface area contributed by atoms with E-state index in [1.807, 2.05) is 0 Å². The number of halogens is 1. The van der Waals surface area contributed by atoms with Crippen LogP contribution in [-0.2, 0) is 0 Å². The van der Waals surface area contributed by atoms with Crippen LogP contribution in [0.5, 0.6) is 0 Å². The Bertz CT molecular complexity index is 508. The number of anilines is 1. The molecule has 1 aromatic rings. The lowest BCUT2D eigenvalue weighted by atomic mass is 10.1. The van der Waals surface area contributed by atoms with Gasteiger partial charge in [-0.15, -0.1) is 0 Å². The second-order valence-corrected chi connectivity index (χ2v) is 5.82. The number of hydrogen-bond acceptors (Lipinski definition) is 4. The molecule has 0 aliphatic carbocycles. The van der Waals surface area contributed by atoms with Gasteiger partial charge in [0.15, 0.2) is 0 Å². The summed E-state index contributed by atoms with van der Waals surface area (Å²) in [5.74, 6) is -0.584. The molecule has 1 aliphatic rings. The second kappa shape index (κ2) is 6.85. The number of nitro groups is 1. The summed E-state index contributed by atoms with van der Waals surface area (Å²) in [6.07, 6.45) is 2.97. The summed E-state index contributed by atoms with van der Waals surface area (Å²) < 4.78 is 13.2. The monoisotopic (exact) mass is 295 g/mol. The molecule has 1 heterocycles. The molecule has 0 aromatic heterocycles. The van der Waals surface area contributed by atoms with Gasteiger partial charge in [0.05, 0.1) is 11.0 Å². The topological polar surface area (TPSA) is 58.4 Å². The third-order valence-electron chi connectivity index (χ3n) is 4.01. The van der Waals surface area contributed by atoms with Crippen LogP contribution in [0, 0.1) is 15.9 Å². The first kappa shape index (κ1) is 15.7. The van der Waals surface area contributed by atoms with Gasteiger partial charge in [-0.1, -0.05) is 0 Å². The molecule has 0 radical (unpaired) electrons. The zero-order valence-electron chi connectivity index (χ0n) is 12.5. The minimum absolute atomic E-state index is 0.193. The average Bonchev–Trinajstić information content (AvgIpc) is 2.66. The van der Waals surface area contributed by atoms with Crippen molar-refractivity contribution in [2.24, 2.45) is 0 Å². The minimum atomic E-state index is -0.584. The Morgan fingerprint density at radius 1 is 1.38 bits per heavy atom. The molecule has 0 saturated carbocycles. The standard InChI is InChI=1S/C15H22FN3O2/c1-11(2)18-8-3-4-13(7-9-18)17-14-6-5-12(16)10-15(14)19(20)21/h5-6,10-11,13,17H,3-4,7-9H2,1-2H3. The SMILES string of the molecule is CC(C)N1CCCC(Nc2ccc(F)cc2[N+](=O)[O-])CC1. The molecule has 1 N–H and O–H groups in total. The van der Waals surface area contributed by atoms with Crippen molar-refractivity contribution in [1.29, 1.82) is 0 Å². The first-order valence-corrected chi connectivity index (χ1v) is 7.42. The van der Waals surface area contributed by atoms with Gasteiger partial charge in [-0.05, 0) is 51.8 Å². The largest absolute Gasteiger partial charge is 0.377 e. The van der Waals surface area contributed by atoms with Crippen molar-refractivity contribution in [3.63, 3.8) is 0 Å². The predicted molar refractivity (Wildman–Crippen MR) is 81.0 cm³/mol. The van der Waals surface area contributed by atoms with Gasteiger partial charge in [0.1, 0.15) is 11.5 Å². The lowest BCUT2D eigenvalue weighted by Crippen LogP contribution is -2.32. The van der Waals surface area contributed by atoms with Crippen molar-refractivity contribution in [2.75, 3.05) is 18.4 Å². The summed E-state index contributed by atoms with van der Waals surface area (Å²) in [5.41, 5.74) is 0.212. The molecule has 0 amide bonds. The normalized spacial score (nSPS) is 20.3. The molecule has 21 heavy (non-hydrogen) atoms. The van der Waals surface area contributed by atoms with E-state index in [2.05, 4.69) is 24.1 Å². The van der Waals surface area contributed by atoms with Crippen LogP contribution in [0.2, 0.25) is 0 Å². The Morgan fingerprint density at radius 2 is 2.14 bits per heavy atom. The molecule has 0 spiro atoms. The van der Waals surface area contributed by atoms with Gasteiger partial charge in [0, 0.05) is 18.6 Å². The Balaban J connectivity index is 2.06. The number of benzene rings is 1. The zero-order valence-corrected chi connectivity index (χ0v) is 12.5. The van der Waals surface area contributed by atoms with Crippen LogP contribution in [0.3, 0.4) is 0 Å². The van der Waals surface area contributed by atoms with Crippen molar-refractivity contribution in [1.82, 2.24) is 4.90 Å². The summed E-state index contributed by atoms with van der Waals surface area (Å²) in [7, 11) is 0. The fourth-order valence-electron chi connectivity index (χ4n) is 2.78. The highest BCUT2D eigenvalue weighted by molar-refractivity contribution is 5.61. The highest BCUT2D eigenvalue weighted by atomic mass is 19.1. The van der Waals surface area contributed by atoms with Crippen LogP contribution in [0.1, 0.15) is 33.1 Å². The summed E-state index contributed by atoms with van der Waals surface area (Å²) in [6.45, 7) is 6.39. The maximum atomic E-state index is 13.2. The fraction of sp³-hybridized carbons (Fsp3) is 0.600. The molecular formula is C15H22FN3O2. The number of nitrogens with one attached hydrogen (secondary N) is 1. The van der Waals surface area contributed by atoms with Crippen LogP contribution >= 0.6 is 0 Å². The van der Waals surface area contributed by atoms with E-state index in [4.69, 9.17) is 0 Å². The molecular weight excluding hydrogens is 273 g/mol. The highest BCUT2D eigenvalue weighted by Gasteiger charge is 2.21. The number of nitro benzene ring substituents is 1. The fourth-order valence-corrected chi connectivity index (χ4v) is 2.78. The number of likely N-dealkylation sites (tertiary alicyclic amines) is 1. The van der Waals surface area contributed by atoms with Gasteiger partial charge in [0.2, 0.25) is 0 Å². The Kier molecular flexibility index (Phi) is 5.12. The van der Waals surface area contributed by atoms with E-state index >= 15 is 0 Å². The molecule has 2 rings (SSSR count). The van der Waals surface area contributed by atoms with Crippen molar-refractivity contribution in [3.8, 4) is 0 Å². The molecule has 5 nitrogen and oxygen atoms in total. The summed E-state index contributed by atoms with van der Waals surface area (Å²) in [6, 6.07) is 4.40. The quantitative estimate of drug-likeness (QED) is 0.683. The van der Waals surface area contributed by atoms with Crippen molar-refractivity contribution in [3.05, 3.63) is 34.1 Å². The number of hydrogen-bond donors (Lipinski definition) is 1. The van der Waals surface area contributed by atoms with E-state index in [-0.39, 0.29) is 11.7 Å². The van der Waals surface area contributed by atoms with E-state index in [1.165, 1.54) is 12.1 Å².